The third kappa shape index (κ3) is 6.64. The van der Waals surface area contributed by atoms with Gasteiger partial charge in [-0.05, 0) is 75.4 Å². The number of hydrogen-bond donors (Lipinski definition) is 3. The SMILES string of the molecule is CC(C)(C)NS(=O)(=O)c1ccc(C(=O)Nc2cccc(NS(=O)(=O)c3ccccc3)c2)cc1. The van der Waals surface area contributed by atoms with E-state index < -0.39 is 31.5 Å². The average Bonchev–Trinajstić information content (AvgIpc) is 2.73. The fourth-order valence-corrected chi connectivity index (χ4v) is 5.41. The van der Waals surface area contributed by atoms with Crippen LogP contribution in [0, 0.1) is 0 Å². The van der Waals surface area contributed by atoms with Crippen molar-refractivity contribution in [2.24, 2.45) is 0 Å². The van der Waals surface area contributed by atoms with Crippen LogP contribution in [0.1, 0.15) is 31.1 Å². The molecule has 8 nitrogen and oxygen atoms in total. The number of carbonyl (C=O) groups is 1. The molecule has 33 heavy (non-hydrogen) atoms. The van der Waals surface area contributed by atoms with Gasteiger partial charge in [-0.15, -0.1) is 0 Å². The molecule has 3 aromatic carbocycles. The summed E-state index contributed by atoms with van der Waals surface area (Å²) < 4.78 is 54.9. The van der Waals surface area contributed by atoms with Gasteiger partial charge in [0.15, 0.2) is 0 Å². The molecule has 0 aliphatic rings. The molecular formula is C23H25N3O5S2. The summed E-state index contributed by atoms with van der Waals surface area (Å²) in [5, 5.41) is 2.68. The Bertz CT molecular complexity index is 1350. The van der Waals surface area contributed by atoms with Crippen molar-refractivity contribution in [2.45, 2.75) is 36.1 Å². The average molecular weight is 488 g/mol. The van der Waals surface area contributed by atoms with E-state index in [0.717, 1.165) is 0 Å². The number of amides is 1. The predicted molar refractivity (Wildman–Crippen MR) is 128 cm³/mol. The van der Waals surface area contributed by atoms with Crippen LogP contribution in [0.2, 0.25) is 0 Å². The second-order valence-corrected chi connectivity index (χ2v) is 11.7. The Morgan fingerprint density at radius 3 is 1.88 bits per heavy atom. The second kappa shape index (κ2) is 9.34. The van der Waals surface area contributed by atoms with Gasteiger partial charge in [0, 0.05) is 16.8 Å². The standard InChI is InChI=1S/C23H25N3O5S2/c1-23(2,3)26-33(30,31)21-14-12-17(13-15-21)22(27)24-18-8-7-9-19(16-18)25-32(28,29)20-10-5-4-6-11-20/h4-16,25-26H,1-3H3,(H,24,27). The first-order valence-electron chi connectivity index (χ1n) is 9.99. The number of benzene rings is 3. The van der Waals surface area contributed by atoms with Crippen LogP contribution in [0.5, 0.6) is 0 Å². The lowest BCUT2D eigenvalue weighted by Gasteiger charge is -2.20. The van der Waals surface area contributed by atoms with Crippen LogP contribution >= 0.6 is 0 Å². The minimum atomic E-state index is -3.77. The molecule has 0 unspecified atom stereocenters. The van der Waals surface area contributed by atoms with Gasteiger partial charge in [-0.25, -0.2) is 21.6 Å². The van der Waals surface area contributed by atoms with E-state index in [1.807, 2.05) is 0 Å². The van der Waals surface area contributed by atoms with E-state index in [4.69, 9.17) is 0 Å². The van der Waals surface area contributed by atoms with Gasteiger partial charge in [-0.3, -0.25) is 9.52 Å². The van der Waals surface area contributed by atoms with Crippen LogP contribution in [-0.2, 0) is 20.0 Å². The molecule has 0 aliphatic carbocycles. The molecule has 0 aliphatic heterocycles. The van der Waals surface area contributed by atoms with E-state index in [9.17, 15) is 21.6 Å². The highest BCUT2D eigenvalue weighted by atomic mass is 32.2. The molecule has 174 valence electrons. The highest BCUT2D eigenvalue weighted by Gasteiger charge is 2.22. The van der Waals surface area contributed by atoms with Crippen LogP contribution in [0.25, 0.3) is 0 Å². The van der Waals surface area contributed by atoms with Crippen molar-refractivity contribution in [3.8, 4) is 0 Å². The zero-order valence-electron chi connectivity index (χ0n) is 18.4. The monoisotopic (exact) mass is 487 g/mol. The Morgan fingerprint density at radius 1 is 0.697 bits per heavy atom. The maximum atomic E-state index is 12.6. The molecule has 3 aromatic rings. The summed E-state index contributed by atoms with van der Waals surface area (Å²) in [5.41, 5.74) is 0.271. The van der Waals surface area contributed by atoms with Crippen LogP contribution in [-0.4, -0.2) is 28.3 Å². The zero-order valence-corrected chi connectivity index (χ0v) is 20.0. The molecule has 0 radical (unpaired) electrons. The normalized spacial score (nSPS) is 12.2. The Morgan fingerprint density at radius 2 is 1.27 bits per heavy atom. The molecular weight excluding hydrogens is 462 g/mol. The lowest BCUT2D eigenvalue weighted by molar-refractivity contribution is 0.102. The van der Waals surface area contributed by atoms with Crippen molar-refractivity contribution in [1.29, 1.82) is 0 Å². The largest absolute Gasteiger partial charge is 0.322 e. The molecule has 0 atom stereocenters. The van der Waals surface area contributed by atoms with Crippen molar-refractivity contribution in [3.63, 3.8) is 0 Å². The topological polar surface area (TPSA) is 121 Å². The van der Waals surface area contributed by atoms with Crippen LogP contribution in [0.3, 0.4) is 0 Å². The molecule has 3 rings (SSSR count). The minimum absolute atomic E-state index is 0.0475. The van der Waals surface area contributed by atoms with Gasteiger partial charge in [-0.2, -0.15) is 0 Å². The van der Waals surface area contributed by atoms with Gasteiger partial charge < -0.3 is 5.32 Å². The van der Waals surface area contributed by atoms with Crippen molar-refractivity contribution in [2.75, 3.05) is 10.0 Å². The summed E-state index contributed by atoms with van der Waals surface area (Å²) in [6.45, 7) is 5.21. The molecule has 3 N–H and O–H groups in total. The van der Waals surface area contributed by atoms with Crippen LogP contribution < -0.4 is 14.8 Å². The first-order valence-corrected chi connectivity index (χ1v) is 13.0. The molecule has 0 aromatic heterocycles. The molecule has 10 heteroatoms. The summed E-state index contributed by atoms with van der Waals surface area (Å²) in [6.07, 6.45) is 0. The van der Waals surface area contributed by atoms with E-state index in [-0.39, 0.29) is 21.0 Å². The Balaban J connectivity index is 1.72. The first kappa shape index (κ1) is 24.4. The molecule has 0 saturated heterocycles. The highest BCUT2D eigenvalue weighted by molar-refractivity contribution is 7.92. The van der Waals surface area contributed by atoms with Gasteiger partial charge in [0.25, 0.3) is 15.9 Å². The third-order valence-corrected chi connectivity index (χ3v) is 7.46. The maximum absolute atomic E-state index is 12.6. The fourth-order valence-electron chi connectivity index (χ4n) is 2.92. The van der Waals surface area contributed by atoms with Gasteiger partial charge in [0.1, 0.15) is 0 Å². The van der Waals surface area contributed by atoms with Gasteiger partial charge in [-0.1, -0.05) is 24.3 Å². The third-order valence-electron chi connectivity index (χ3n) is 4.29. The number of carbonyl (C=O) groups excluding carboxylic acids is 1. The number of anilines is 2. The Hall–Kier alpha value is -3.21. The second-order valence-electron chi connectivity index (χ2n) is 8.33. The number of rotatable bonds is 7. The molecule has 0 spiro atoms. The van der Waals surface area contributed by atoms with Crippen molar-refractivity contribution in [1.82, 2.24) is 4.72 Å². The van der Waals surface area contributed by atoms with E-state index in [1.165, 1.54) is 42.5 Å². The first-order chi connectivity index (χ1) is 15.4. The maximum Gasteiger partial charge on any atom is 0.261 e. The lowest BCUT2D eigenvalue weighted by Crippen LogP contribution is -2.40. The summed E-state index contributed by atoms with van der Waals surface area (Å²) >= 11 is 0. The highest BCUT2D eigenvalue weighted by Crippen LogP contribution is 2.20. The summed E-state index contributed by atoms with van der Waals surface area (Å²) in [5.74, 6) is -0.467. The van der Waals surface area contributed by atoms with Gasteiger partial charge in [0.2, 0.25) is 10.0 Å². The van der Waals surface area contributed by atoms with Gasteiger partial charge >= 0.3 is 0 Å². The summed E-state index contributed by atoms with van der Waals surface area (Å²) in [4.78, 5) is 12.8. The predicted octanol–water partition coefficient (Wildman–Crippen LogP) is 3.82. The number of nitrogens with one attached hydrogen (secondary N) is 3. The Labute approximate surface area is 194 Å². The van der Waals surface area contributed by atoms with Crippen molar-refractivity contribution in [3.05, 3.63) is 84.4 Å². The van der Waals surface area contributed by atoms with E-state index in [0.29, 0.717) is 5.69 Å². The number of sulfonamides is 2. The smallest absolute Gasteiger partial charge is 0.261 e. The van der Waals surface area contributed by atoms with Gasteiger partial charge in [0.05, 0.1) is 15.5 Å². The Kier molecular flexibility index (Phi) is 6.92. The lowest BCUT2D eigenvalue weighted by atomic mass is 10.1. The van der Waals surface area contributed by atoms with E-state index in [1.54, 1.807) is 57.2 Å². The summed E-state index contributed by atoms with van der Waals surface area (Å²) in [7, 11) is -7.48. The molecule has 1 amide bonds. The van der Waals surface area contributed by atoms with E-state index in [2.05, 4.69) is 14.8 Å². The molecule has 0 heterocycles. The molecule has 0 bridgehead atoms. The quantitative estimate of drug-likeness (QED) is 0.468. The zero-order chi connectivity index (χ0) is 24.3. The number of hydrogen-bond acceptors (Lipinski definition) is 5. The van der Waals surface area contributed by atoms with Crippen molar-refractivity contribution >= 4 is 37.3 Å². The van der Waals surface area contributed by atoms with E-state index >= 15 is 0 Å². The fraction of sp³-hybridized carbons (Fsp3) is 0.174. The van der Waals surface area contributed by atoms with Crippen molar-refractivity contribution < 1.29 is 21.6 Å². The molecule has 0 fully saturated rings. The minimum Gasteiger partial charge on any atom is -0.322 e. The van der Waals surface area contributed by atoms with Crippen LogP contribution in [0.4, 0.5) is 11.4 Å². The van der Waals surface area contributed by atoms with Crippen LogP contribution in [0.15, 0.2) is 88.7 Å². The summed E-state index contributed by atoms with van der Waals surface area (Å²) in [6, 6.07) is 19.7. The molecule has 0 saturated carbocycles.